The van der Waals surface area contributed by atoms with E-state index in [0.29, 0.717) is 53.8 Å². The highest BCUT2D eigenvalue weighted by Gasteiger charge is 2.23. The lowest BCUT2D eigenvalue weighted by molar-refractivity contribution is -0.157. The predicted molar refractivity (Wildman–Crippen MR) is 204 cm³/mol. The number of carbonyl (C=O) groups excluding carboxylic acids is 3. The minimum Gasteiger partial charge on any atom is -0.487 e. The molecule has 3 aromatic carbocycles. The number of amidine groups is 1. The molecule has 4 N–H and O–H groups in total. The van der Waals surface area contributed by atoms with E-state index in [9.17, 15) is 14.4 Å². The molecule has 1 aliphatic rings. The van der Waals surface area contributed by atoms with Crippen molar-refractivity contribution in [2.75, 3.05) is 43.5 Å². The van der Waals surface area contributed by atoms with E-state index in [1.807, 2.05) is 38.1 Å². The van der Waals surface area contributed by atoms with Gasteiger partial charge in [-0.2, -0.15) is 0 Å². The number of para-hydroxylation sites is 1. The Morgan fingerprint density at radius 2 is 1.57 bits per heavy atom. The van der Waals surface area contributed by atoms with Crippen LogP contribution in [-0.2, 0) is 32.1 Å². The highest BCUT2D eigenvalue weighted by Crippen LogP contribution is 2.36. The Labute approximate surface area is 312 Å². The lowest BCUT2D eigenvalue weighted by atomic mass is 10.1. The number of carbonyl (C=O) groups is 3. The molecule has 1 aliphatic heterocycles. The monoisotopic (exact) mass is 731 g/mol. The fourth-order valence-electron chi connectivity index (χ4n) is 5.39. The Balaban J connectivity index is 1.54. The van der Waals surface area contributed by atoms with Crippen LogP contribution in [0.5, 0.6) is 11.5 Å². The Hall–Kier alpha value is -5.14. The summed E-state index contributed by atoms with van der Waals surface area (Å²) in [6.45, 7) is 18.0. The maximum atomic E-state index is 13.6. The quantitative estimate of drug-likeness (QED) is 0.0842. The third kappa shape index (κ3) is 13.4. The minimum absolute atomic E-state index is 0.128. The zero-order valence-electron chi connectivity index (χ0n) is 32.0. The van der Waals surface area contributed by atoms with Crippen molar-refractivity contribution < 1.29 is 38.1 Å². The molecule has 0 aliphatic carbocycles. The Morgan fingerprint density at radius 3 is 2.21 bits per heavy atom. The molecule has 1 saturated heterocycles. The van der Waals surface area contributed by atoms with Gasteiger partial charge in [-0.05, 0) is 109 Å². The van der Waals surface area contributed by atoms with Gasteiger partial charge in [-0.1, -0.05) is 12.1 Å². The first-order chi connectivity index (χ1) is 25.0. The SMILES string of the molecule is CC(C)Oc1cc(CN2CCOCC2)cc(CNc2ccccc2C(=O)Nc2ccc(C(=N)NC(=O)OC(C)(C)C)cc2)c1OCC(=O)OC(C)(C)C. The average molecular weight is 732 g/mol. The van der Waals surface area contributed by atoms with Crippen LogP contribution in [0.3, 0.4) is 0 Å². The molecule has 0 spiro atoms. The predicted octanol–water partition coefficient (Wildman–Crippen LogP) is 6.74. The van der Waals surface area contributed by atoms with Crippen molar-refractivity contribution in [1.82, 2.24) is 10.2 Å². The molecule has 1 fully saturated rings. The topological polar surface area (TPSA) is 161 Å². The molecule has 3 aromatic rings. The summed E-state index contributed by atoms with van der Waals surface area (Å²) in [5.74, 6) is -0.0619. The van der Waals surface area contributed by atoms with Crippen LogP contribution in [0.2, 0.25) is 0 Å². The fraction of sp³-hybridized carbons (Fsp3) is 0.450. The van der Waals surface area contributed by atoms with Crippen LogP contribution in [0.15, 0.2) is 60.7 Å². The van der Waals surface area contributed by atoms with Gasteiger partial charge in [0.15, 0.2) is 18.1 Å². The van der Waals surface area contributed by atoms with Crippen LogP contribution in [0, 0.1) is 5.41 Å². The maximum Gasteiger partial charge on any atom is 0.413 e. The molecular weight excluding hydrogens is 678 g/mol. The van der Waals surface area contributed by atoms with Gasteiger partial charge < -0.3 is 34.3 Å². The van der Waals surface area contributed by atoms with Gasteiger partial charge in [-0.25, -0.2) is 9.59 Å². The van der Waals surface area contributed by atoms with E-state index in [1.54, 1.807) is 77.9 Å². The average Bonchev–Trinajstić information content (AvgIpc) is 3.06. The lowest BCUT2D eigenvalue weighted by Gasteiger charge is -2.27. The normalized spacial score (nSPS) is 13.5. The molecule has 0 saturated carbocycles. The number of hydrogen-bond donors (Lipinski definition) is 4. The summed E-state index contributed by atoms with van der Waals surface area (Å²) in [5, 5.41) is 17.0. The molecule has 13 nitrogen and oxygen atoms in total. The van der Waals surface area contributed by atoms with Crippen molar-refractivity contribution in [2.24, 2.45) is 0 Å². The second-order valence-electron chi connectivity index (χ2n) is 14.9. The number of nitrogens with one attached hydrogen (secondary N) is 4. The molecule has 0 radical (unpaired) electrons. The van der Waals surface area contributed by atoms with Crippen molar-refractivity contribution in [3.63, 3.8) is 0 Å². The maximum absolute atomic E-state index is 13.6. The van der Waals surface area contributed by atoms with Crippen molar-refractivity contribution in [1.29, 1.82) is 5.41 Å². The Morgan fingerprint density at radius 1 is 0.906 bits per heavy atom. The van der Waals surface area contributed by atoms with E-state index in [1.165, 1.54) is 0 Å². The van der Waals surface area contributed by atoms with Crippen LogP contribution in [0.25, 0.3) is 0 Å². The number of nitrogens with zero attached hydrogens (tertiary/aromatic N) is 1. The third-order valence-corrected chi connectivity index (χ3v) is 7.52. The van der Waals surface area contributed by atoms with Gasteiger partial charge >= 0.3 is 12.1 Å². The number of alkyl carbamates (subject to hydrolysis) is 1. The molecule has 53 heavy (non-hydrogen) atoms. The fourth-order valence-corrected chi connectivity index (χ4v) is 5.39. The van der Waals surface area contributed by atoms with Gasteiger partial charge in [0.05, 0.1) is 24.9 Å². The van der Waals surface area contributed by atoms with Gasteiger partial charge in [0, 0.05) is 48.7 Å². The standard InChI is InChI=1S/C40H53N5O8/c1-26(2)51-33-22-27(24-45-17-19-49-20-18-45)21-29(35(33)50-25-34(46)52-39(3,4)5)23-42-32-12-10-9-11-31(32)37(47)43-30-15-13-28(14-16-30)36(41)44-38(48)53-40(6,7)8/h9-16,21-22,26,42H,17-20,23-25H2,1-8H3,(H,43,47)(H2,41,44,48). The highest BCUT2D eigenvalue weighted by atomic mass is 16.6. The number of anilines is 2. The largest absolute Gasteiger partial charge is 0.487 e. The van der Waals surface area contributed by atoms with Gasteiger partial charge in [0.2, 0.25) is 0 Å². The summed E-state index contributed by atoms with van der Waals surface area (Å²) >= 11 is 0. The first-order valence-corrected chi connectivity index (χ1v) is 17.8. The summed E-state index contributed by atoms with van der Waals surface area (Å²) in [5.41, 5.74) is 2.30. The molecule has 1 heterocycles. The third-order valence-electron chi connectivity index (χ3n) is 7.52. The van der Waals surface area contributed by atoms with E-state index >= 15 is 0 Å². The molecule has 2 amide bonds. The van der Waals surface area contributed by atoms with E-state index in [-0.39, 0.29) is 31.0 Å². The van der Waals surface area contributed by atoms with Crippen LogP contribution in [-0.4, -0.2) is 78.9 Å². The number of ether oxygens (including phenoxy) is 5. The van der Waals surface area contributed by atoms with Crippen LogP contribution in [0.1, 0.15) is 82.4 Å². The van der Waals surface area contributed by atoms with Gasteiger partial charge in [0.25, 0.3) is 5.91 Å². The first kappa shape index (κ1) is 40.6. The van der Waals surface area contributed by atoms with Gasteiger partial charge in [-0.15, -0.1) is 0 Å². The molecule has 0 atom stereocenters. The van der Waals surface area contributed by atoms with E-state index in [4.69, 9.17) is 29.1 Å². The number of morpholine rings is 1. The number of esters is 1. The molecule has 0 aromatic heterocycles. The summed E-state index contributed by atoms with van der Waals surface area (Å²) in [4.78, 5) is 40.7. The zero-order chi connectivity index (χ0) is 38.8. The summed E-state index contributed by atoms with van der Waals surface area (Å²) < 4.78 is 28.6. The van der Waals surface area contributed by atoms with Crippen LogP contribution in [0.4, 0.5) is 16.2 Å². The van der Waals surface area contributed by atoms with Crippen LogP contribution < -0.4 is 25.4 Å². The number of hydrogen-bond acceptors (Lipinski definition) is 11. The second-order valence-corrected chi connectivity index (χ2v) is 14.9. The van der Waals surface area contributed by atoms with Crippen molar-refractivity contribution >= 4 is 35.2 Å². The molecule has 286 valence electrons. The number of benzene rings is 3. The Bertz CT molecular complexity index is 1740. The van der Waals surface area contributed by atoms with Gasteiger partial charge in [0.1, 0.15) is 17.0 Å². The smallest absolute Gasteiger partial charge is 0.413 e. The van der Waals surface area contributed by atoms with Crippen molar-refractivity contribution in [2.45, 2.75) is 85.8 Å². The summed E-state index contributed by atoms with van der Waals surface area (Å²) in [6.07, 6.45) is -0.887. The summed E-state index contributed by atoms with van der Waals surface area (Å²) in [7, 11) is 0. The number of amides is 2. The minimum atomic E-state index is -0.724. The van der Waals surface area contributed by atoms with E-state index < -0.39 is 23.3 Å². The molecule has 0 unspecified atom stereocenters. The van der Waals surface area contributed by atoms with E-state index in [0.717, 1.165) is 24.2 Å². The molecule has 13 heteroatoms. The molecule has 0 bridgehead atoms. The lowest BCUT2D eigenvalue weighted by Crippen LogP contribution is -2.36. The van der Waals surface area contributed by atoms with Crippen molar-refractivity contribution in [3.8, 4) is 11.5 Å². The number of rotatable bonds is 13. The second kappa shape index (κ2) is 18.1. The molecular formula is C40H53N5O8. The summed E-state index contributed by atoms with van der Waals surface area (Å²) in [6, 6.07) is 17.7. The van der Waals surface area contributed by atoms with Crippen LogP contribution >= 0.6 is 0 Å². The Kier molecular flexibility index (Phi) is 13.8. The van der Waals surface area contributed by atoms with Gasteiger partial charge in [-0.3, -0.25) is 20.4 Å². The molecule has 4 rings (SSSR count). The van der Waals surface area contributed by atoms with Crippen molar-refractivity contribution in [3.05, 3.63) is 82.9 Å². The zero-order valence-corrected chi connectivity index (χ0v) is 32.0. The van der Waals surface area contributed by atoms with E-state index in [2.05, 4.69) is 20.9 Å². The highest BCUT2D eigenvalue weighted by molar-refractivity contribution is 6.08. The first-order valence-electron chi connectivity index (χ1n) is 17.8.